The van der Waals surface area contributed by atoms with E-state index in [1.54, 1.807) is 0 Å². The van der Waals surface area contributed by atoms with Gasteiger partial charge in [-0.1, -0.05) is 113 Å². The molecule has 29 heavy (non-hydrogen) atoms. The molecule has 0 aromatic heterocycles. The van der Waals surface area contributed by atoms with Crippen LogP contribution in [-0.2, 0) is 11.8 Å². The molecule has 0 amide bonds. The second-order valence-corrected chi connectivity index (χ2v) is 8.66. The summed E-state index contributed by atoms with van der Waals surface area (Å²) < 4.78 is 0. The molecule has 1 unspecified atom stereocenters. The van der Waals surface area contributed by atoms with Gasteiger partial charge in [-0.15, -0.1) is 0 Å². The van der Waals surface area contributed by atoms with Crippen LogP contribution >= 0.6 is 0 Å². The molecule has 152 valence electrons. The number of rotatable bonds is 7. The van der Waals surface area contributed by atoms with Gasteiger partial charge in [0.15, 0.2) is 6.29 Å². The lowest BCUT2D eigenvalue weighted by molar-refractivity contribution is -0.137. The average Bonchev–Trinajstić information content (AvgIpc) is 2.75. The number of benzene rings is 3. The molecule has 0 aliphatic carbocycles. The standard InChI is InChI=1S/C27H32O2/c1-5-20-16-18-21(19-17-20)24(26(2,3)25(28)29)27(4,22-12-8-6-9-13-22)23-14-10-7-11-15-23/h6-19,24-25,28-29H,5H2,1-4H3. The van der Waals surface area contributed by atoms with Gasteiger partial charge in [-0.2, -0.15) is 0 Å². The van der Waals surface area contributed by atoms with Gasteiger partial charge in [-0.05, 0) is 28.7 Å². The SMILES string of the molecule is CCc1ccc(C(C(C)(c2ccccc2)c2ccccc2)C(C)(C)C(O)O)cc1. The molecular weight excluding hydrogens is 356 g/mol. The Balaban J connectivity index is 2.31. The van der Waals surface area contributed by atoms with Gasteiger partial charge in [-0.25, -0.2) is 0 Å². The molecule has 0 aliphatic heterocycles. The topological polar surface area (TPSA) is 40.5 Å². The van der Waals surface area contributed by atoms with Gasteiger partial charge in [0, 0.05) is 16.7 Å². The van der Waals surface area contributed by atoms with E-state index in [1.807, 2.05) is 26.0 Å². The molecule has 0 aliphatic rings. The second-order valence-electron chi connectivity index (χ2n) is 8.66. The van der Waals surface area contributed by atoms with E-state index in [9.17, 15) is 10.2 Å². The van der Waals surface area contributed by atoms with Crippen molar-refractivity contribution >= 4 is 0 Å². The van der Waals surface area contributed by atoms with E-state index in [0.29, 0.717) is 0 Å². The van der Waals surface area contributed by atoms with Crippen molar-refractivity contribution in [3.8, 4) is 0 Å². The highest BCUT2D eigenvalue weighted by Gasteiger charge is 2.49. The van der Waals surface area contributed by atoms with E-state index in [2.05, 4.69) is 86.6 Å². The molecule has 1 atom stereocenters. The maximum Gasteiger partial charge on any atom is 0.157 e. The summed E-state index contributed by atoms with van der Waals surface area (Å²) in [5.74, 6) is -0.161. The van der Waals surface area contributed by atoms with E-state index in [1.165, 1.54) is 5.56 Å². The predicted octanol–water partition coefficient (Wildman–Crippen LogP) is 5.68. The van der Waals surface area contributed by atoms with E-state index >= 15 is 0 Å². The van der Waals surface area contributed by atoms with Crippen molar-refractivity contribution in [1.29, 1.82) is 0 Å². The summed E-state index contributed by atoms with van der Waals surface area (Å²) in [6.07, 6.45) is -0.476. The van der Waals surface area contributed by atoms with Crippen LogP contribution in [0.2, 0.25) is 0 Å². The van der Waals surface area contributed by atoms with E-state index in [-0.39, 0.29) is 5.92 Å². The molecule has 2 heteroatoms. The Morgan fingerprint density at radius 2 is 1.14 bits per heavy atom. The summed E-state index contributed by atoms with van der Waals surface area (Å²) in [7, 11) is 0. The van der Waals surface area contributed by atoms with Crippen LogP contribution in [0.25, 0.3) is 0 Å². The van der Waals surface area contributed by atoms with Gasteiger partial charge in [0.25, 0.3) is 0 Å². The maximum absolute atomic E-state index is 10.4. The largest absolute Gasteiger partial charge is 0.368 e. The molecule has 0 saturated carbocycles. The van der Waals surface area contributed by atoms with Crippen molar-refractivity contribution in [3.05, 3.63) is 107 Å². The normalized spacial score (nSPS) is 13.5. The van der Waals surface area contributed by atoms with Crippen LogP contribution < -0.4 is 0 Å². The smallest absolute Gasteiger partial charge is 0.157 e. The van der Waals surface area contributed by atoms with Gasteiger partial charge in [0.2, 0.25) is 0 Å². The van der Waals surface area contributed by atoms with Crippen LogP contribution in [0.1, 0.15) is 55.9 Å². The lowest BCUT2D eigenvalue weighted by Gasteiger charge is -2.48. The van der Waals surface area contributed by atoms with Gasteiger partial charge >= 0.3 is 0 Å². The van der Waals surface area contributed by atoms with Crippen LogP contribution in [0.5, 0.6) is 0 Å². The number of hydrogen-bond acceptors (Lipinski definition) is 2. The number of aryl methyl sites for hydroxylation is 1. The fraction of sp³-hybridized carbons (Fsp3) is 0.333. The summed E-state index contributed by atoms with van der Waals surface area (Å²) >= 11 is 0. The summed E-state index contributed by atoms with van der Waals surface area (Å²) in [5, 5.41) is 20.9. The highest BCUT2D eigenvalue weighted by molar-refractivity contribution is 5.45. The van der Waals surface area contributed by atoms with Crippen LogP contribution in [0, 0.1) is 5.41 Å². The zero-order valence-corrected chi connectivity index (χ0v) is 17.8. The molecule has 3 aromatic carbocycles. The molecule has 0 saturated heterocycles. The summed E-state index contributed by atoms with van der Waals surface area (Å²) in [6, 6.07) is 29.4. The number of aliphatic hydroxyl groups excluding tert-OH is 1. The third-order valence-electron chi connectivity index (χ3n) is 6.46. The predicted molar refractivity (Wildman–Crippen MR) is 120 cm³/mol. The molecular formula is C27H32O2. The lowest BCUT2D eigenvalue weighted by atomic mass is 9.56. The Bertz CT molecular complexity index is 857. The quantitative estimate of drug-likeness (QED) is 0.512. The fourth-order valence-electron chi connectivity index (χ4n) is 4.67. The molecule has 0 heterocycles. The van der Waals surface area contributed by atoms with Crippen LogP contribution in [0.15, 0.2) is 84.9 Å². The van der Waals surface area contributed by atoms with E-state index in [0.717, 1.165) is 23.1 Å². The maximum atomic E-state index is 10.4. The summed E-state index contributed by atoms with van der Waals surface area (Å²) in [6.45, 7) is 8.26. The van der Waals surface area contributed by atoms with Crippen molar-refractivity contribution in [2.75, 3.05) is 0 Å². The fourth-order valence-corrected chi connectivity index (χ4v) is 4.67. The van der Waals surface area contributed by atoms with Crippen LogP contribution in [0.3, 0.4) is 0 Å². The Hall–Kier alpha value is -2.42. The summed E-state index contributed by atoms with van der Waals surface area (Å²) in [5.41, 5.74) is 3.46. The summed E-state index contributed by atoms with van der Waals surface area (Å²) in [4.78, 5) is 0. The molecule has 2 N–H and O–H groups in total. The minimum atomic E-state index is -1.45. The molecule has 2 nitrogen and oxygen atoms in total. The molecule has 0 radical (unpaired) electrons. The minimum Gasteiger partial charge on any atom is -0.368 e. The molecule has 0 spiro atoms. The lowest BCUT2D eigenvalue weighted by Crippen LogP contribution is -2.46. The zero-order valence-electron chi connectivity index (χ0n) is 17.8. The minimum absolute atomic E-state index is 0.161. The Kier molecular flexibility index (Phi) is 6.26. The molecule has 0 fully saturated rings. The zero-order chi connectivity index (χ0) is 21.1. The van der Waals surface area contributed by atoms with Gasteiger partial charge in [0.1, 0.15) is 0 Å². The number of aliphatic hydroxyl groups is 2. The first-order chi connectivity index (χ1) is 13.8. The van der Waals surface area contributed by atoms with E-state index < -0.39 is 17.1 Å². The second kappa shape index (κ2) is 8.52. The first kappa shape index (κ1) is 21.3. The van der Waals surface area contributed by atoms with Crippen molar-refractivity contribution in [2.45, 2.75) is 51.7 Å². The van der Waals surface area contributed by atoms with Crippen molar-refractivity contribution in [3.63, 3.8) is 0 Å². The van der Waals surface area contributed by atoms with Gasteiger partial charge in [0.05, 0.1) is 0 Å². The van der Waals surface area contributed by atoms with Crippen molar-refractivity contribution in [2.24, 2.45) is 5.41 Å². The number of hydrogen-bond donors (Lipinski definition) is 2. The Morgan fingerprint density at radius 1 is 0.690 bits per heavy atom. The Morgan fingerprint density at radius 3 is 1.52 bits per heavy atom. The third kappa shape index (κ3) is 4.01. The van der Waals surface area contributed by atoms with Crippen molar-refractivity contribution in [1.82, 2.24) is 0 Å². The third-order valence-corrected chi connectivity index (χ3v) is 6.46. The highest BCUT2D eigenvalue weighted by Crippen LogP contribution is 2.53. The van der Waals surface area contributed by atoms with E-state index in [4.69, 9.17) is 0 Å². The van der Waals surface area contributed by atoms with Gasteiger partial charge < -0.3 is 10.2 Å². The molecule has 0 bridgehead atoms. The van der Waals surface area contributed by atoms with Crippen molar-refractivity contribution < 1.29 is 10.2 Å². The monoisotopic (exact) mass is 388 g/mol. The molecule has 3 rings (SSSR count). The van der Waals surface area contributed by atoms with Crippen LogP contribution in [-0.4, -0.2) is 16.5 Å². The average molecular weight is 389 g/mol. The first-order valence-corrected chi connectivity index (χ1v) is 10.4. The Labute approximate surface area is 174 Å². The van der Waals surface area contributed by atoms with Gasteiger partial charge in [-0.3, -0.25) is 0 Å². The first-order valence-electron chi connectivity index (χ1n) is 10.4. The molecule has 3 aromatic rings. The van der Waals surface area contributed by atoms with Crippen LogP contribution in [0.4, 0.5) is 0 Å². The highest BCUT2D eigenvalue weighted by atomic mass is 16.5.